The molecule has 1 N–H and O–H groups in total. The lowest BCUT2D eigenvalue weighted by atomic mass is 9.38. The van der Waals surface area contributed by atoms with E-state index in [1.165, 1.54) is 14.2 Å². The Balaban J connectivity index is 1.40. The van der Waals surface area contributed by atoms with Crippen molar-refractivity contribution in [1.29, 1.82) is 0 Å². The monoisotopic (exact) mass is 752 g/mol. The Morgan fingerprint density at radius 3 is 2.37 bits per heavy atom. The fraction of sp³-hybridized carbons (Fsp3) is 0.811. The van der Waals surface area contributed by atoms with E-state index in [0.29, 0.717) is 12.8 Å². The molecular formula is C37H52O8S4. The average Bonchev–Trinajstić information content (AvgIpc) is 3.86. The smallest absolute Gasteiger partial charge is 0.318 e. The number of thioether (sulfide) groups is 4. The topological polar surface area (TPSA) is 108 Å². The molecule has 272 valence electrons. The SMILES string of the molecule is C/C=C/CCCCCC1C2C[C@H](C3(CC/C=C/C)SCCS3)O[C@]34OC(=O)[C@]5(CC6SCCS6)CC(C(=O)OC)(C(C(=O)OC)C23)C1C54O. The van der Waals surface area contributed by atoms with Crippen molar-refractivity contribution < 1.29 is 38.4 Å². The first-order valence-electron chi connectivity index (χ1n) is 18.2. The van der Waals surface area contributed by atoms with Crippen LogP contribution in [0.4, 0.5) is 0 Å². The molecule has 4 aliphatic carbocycles. The average molecular weight is 753 g/mol. The molecule has 49 heavy (non-hydrogen) atoms. The van der Waals surface area contributed by atoms with E-state index < -0.39 is 57.9 Å². The molecule has 4 heterocycles. The van der Waals surface area contributed by atoms with Crippen molar-refractivity contribution in [2.24, 2.45) is 40.4 Å². The molecule has 1 spiro atoms. The molecule has 6 bridgehead atoms. The maximum Gasteiger partial charge on any atom is 0.318 e. The zero-order valence-corrected chi connectivity index (χ0v) is 32.5. The van der Waals surface area contributed by atoms with Crippen molar-refractivity contribution in [3.63, 3.8) is 0 Å². The number of methoxy groups -OCH3 is 2. The first-order chi connectivity index (χ1) is 23.7. The number of esters is 3. The summed E-state index contributed by atoms with van der Waals surface area (Å²) in [5.74, 6) is -1.95. The van der Waals surface area contributed by atoms with Gasteiger partial charge >= 0.3 is 17.9 Å². The second-order valence-electron chi connectivity index (χ2n) is 15.0. The molecule has 7 unspecified atom stereocenters. The Labute approximate surface area is 308 Å². The third-order valence-electron chi connectivity index (χ3n) is 13.1. The largest absolute Gasteiger partial charge is 0.469 e. The van der Waals surface area contributed by atoms with Crippen LogP contribution in [0.3, 0.4) is 0 Å². The highest BCUT2D eigenvalue weighted by atomic mass is 32.2. The van der Waals surface area contributed by atoms with Gasteiger partial charge in [0, 0.05) is 34.8 Å². The maximum absolute atomic E-state index is 14.8. The molecule has 0 aromatic carbocycles. The van der Waals surface area contributed by atoms with E-state index in [-0.39, 0.29) is 33.0 Å². The summed E-state index contributed by atoms with van der Waals surface area (Å²) in [7, 11) is 2.73. The summed E-state index contributed by atoms with van der Waals surface area (Å²) in [4.78, 5) is 43.5. The van der Waals surface area contributed by atoms with Gasteiger partial charge in [-0.25, -0.2) is 0 Å². The van der Waals surface area contributed by atoms with Crippen LogP contribution in [-0.2, 0) is 33.3 Å². The Morgan fingerprint density at radius 2 is 1.69 bits per heavy atom. The number of unbranched alkanes of at least 4 members (excludes halogenated alkanes) is 3. The summed E-state index contributed by atoms with van der Waals surface area (Å²) in [5, 5.41) is 13.9. The molecule has 4 saturated carbocycles. The lowest BCUT2D eigenvalue weighted by Crippen LogP contribution is -2.82. The third kappa shape index (κ3) is 5.05. The van der Waals surface area contributed by atoms with Crippen molar-refractivity contribution >= 4 is 65.0 Å². The third-order valence-corrected chi connectivity index (χ3v) is 19.8. The Bertz CT molecular complexity index is 1360. The minimum absolute atomic E-state index is 0.0107. The van der Waals surface area contributed by atoms with Gasteiger partial charge in [0.25, 0.3) is 0 Å². The predicted molar refractivity (Wildman–Crippen MR) is 197 cm³/mol. The van der Waals surface area contributed by atoms with Crippen molar-refractivity contribution in [3.05, 3.63) is 24.3 Å². The van der Waals surface area contributed by atoms with Gasteiger partial charge in [-0.3, -0.25) is 14.4 Å². The van der Waals surface area contributed by atoms with Crippen LogP contribution in [0.25, 0.3) is 0 Å². The summed E-state index contributed by atoms with van der Waals surface area (Å²) in [6.07, 6.45) is 15.9. The molecule has 0 radical (unpaired) electrons. The number of hydrogen-bond acceptors (Lipinski definition) is 12. The van der Waals surface area contributed by atoms with Crippen LogP contribution in [0.15, 0.2) is 24.3 Å². The lowest BCUT2D eigenvalue weighted by molar-refractivity contribution is -0.423. The van der Waals surface area contributed by atoms with Gasteiger partial charge in [-0.1, -0.05) is 37.1 Å². The molecular weight excluding hydrogens is 701 g/mol. The number of hydrogen-bond donors (Lipinski definition) is 1. The lowest BCUT2D eigenvalue weighted by Gasteiger charge is -2.70. The molecule has 8 rings (SSSR count). The van der Waals surface area contributed by atoms with Gasteiger partial charge in [-0.2, -0.15) is 0 Å². The van der Waals surface area contributed by atoms with Crippen LogP contribution >= 0.6 is 47.0 Å². The molecule has 12 heteroatoms. The van der Waals surface area contributed by atoms with Crippen LogP contribution in [0.5, 0.6) is 0 Å². The minimum Gasteiger partial charge on any atom is -0.469 e. The van der Waals surface area contributed by atoms with E-state index >= 15 is 0 Å². The number of ether oxygens (including phenoxy) is 4. The van der Waals surface area contributed by atoms with Crippen LogP contribution in [-0.4, -0.2) is 86.4 Å². The van der Waals surface area contributed by atoms with Gasteiger partial charge in [0.2, 0.25) is 5.79 Å². The van der Waals surface area contributed by atoms with Gasteiger partial charge in [-0.15, -0.1) is 47.0 Å². The molecule has 0 aromatic rings. The van der Waals surface area contributed by atoms with E-state index in [0.717, 1.165) is 68.0 Å². The second-order valence-corrected chi connectivity index (χ2v) is 21.0. The van der Waals surface area contributed by atoms with Crippen molar-refractivity contribution in [3.8, 4) is 0 Å². The highest BCUT2D eigenvalue weighted by molar-refractivity contribution is 8.21. The fourth-order valence-corrected chi connectivity index (χ4v) is 18.0. The Kier molecular flexibility index (Phi) is 10.4. The van der Waals surface area contributed by atoms with Gasteiger partial charge in [0.15, 0.2) is 5.60 Å². The molecule has 4 aliphatic heterocycles. The normalized spacial score (nSPS) is 43.2. The van der Waals surface area contributed by atoms with E-state index in [1.54, 1.807) is 23.5 Å². The van der Waals surface area contributed by atoms with Crippen LogP contribution < -0.4 is 0 Å². The zero-order valence-electron chi connectivity index (χ0n) is 29.2. The van der Waals surface area contributed by atoms with Crippen molar-refractivity contribution in [2.45, 2.75) is 104 Å². The molecule has 8 fully saturated rings. The summed E-state index contributed by atoms with van der Waals surface area (Å²) in [5.41, 5.74) is -4.62. The van der Waals surface area contributed by atoms with Crippen molar-refractivity contribution in [1.82, 2.24) is 0 Å². The van der Waals surface area contributed by atoms with E-state index in [2.05, 4.69) is 24.3 Å². The number of carbonyl (C=O) groups is 3. The summed E-state index contributed by atoms with van der Waals surface area (Å²) in [6.45, 7) is 4.08. The van der Waals surface area contributed by atoms with Gasteiger partial charge < -0.3 is 24.1 Å². The minimum atomic E-state index is -1.80. The number of rotatable bonds is 14. The fourth-order valence-electron chi connectivity index (χ4n) is 11.6. The van der Waals surface area contributed by atoms with Crippen LogP contribution in [0.2, 0.25) is 0 Å². The summed E-state index contributed by atoms with van der Waals surface area (Å²) >= 11 is 7.44. The van der Waals surface area contributed by atoms with E-state index in [4.69, 9.17) is 18.9 Å². The molecule has 10 atom stereocenters. The number of carbonyl (C=O) groups excluding carboxylic acids is 3. The van der Waals surface area contributed by atoms with Crippen LogP contribution in [0.1, 0.15) is 78.1 Å². The number of allylic oxidation sites excluding steroid dienone is 4. The predicted octanol–water partition coefficient (Wildman–Crippen LogP) is 6.85. The number of aliphatic hydroxyl groups is 1. The Morgan fingerprint density at radius 1 is 0.980 bits per heavy atom. The van der Waals surface area contributed by atoms with E-state index in [1.807, 2.05) is 37.4 Å². The summed E-state index contributed by atoms with van der Waals surface area (Å²) in [6, 6.07) is 0. The molecule has 8 aliphatic rings. The zero-order chi connectivity index (χ0) is 34.7. The Hall–Kier alpha value is -0.790. The molecule has 8 nitrogen and oxygen atoms in total. The van der Waals surface area contributed by atoms with Gasteiger partial charge in [0.05, 0.1) is 40.3 Å². The van der Waals surface area contributed by atoms with E-state index in [9.17, 15) is 19.5 Å². The highest BCUT2D eigenvalue weighted by Gasteiger charge is 2.98. The highest BCUT2D eigenvalue weighted by Crippen LogP contribution is 2.85. The summed E-state index contributed by atoms with van der Waals surface area (Å²) < 4.78 is 24.9. The maximum atomic E-state index is 14.8. The second kappa shape index (κ2) is 13.9. The van der Waals surface area contributed by atoms with Gasteiger partial charge in [-0.05, 0) is 77.0 Å². The van der Waals surface area contributed by atoms with Crippen molar-refractivity contribution in [2.75, 3.05) is 37.2 Å². The first kappa shape index (κ1) is 36.6. The van der Waals surface area contributed by atoms with Crippen LogP contribution in [0, 0.1) is 40.4 Å². The molecule has 0 amide bonds. The first-order valence-corrected chi connectivity index (χ1v) is 22.3. The standard InChI is InChI=1S/C37H52O8S4/c1-5-7-9-10-11-12-14-23-24-20-25(35(15-13-8-6-2)48-18-19-49-35)44-37-27(24)28(30(38)42-3)34(32(40)43-4)22-33(31(39)45-37,36(37,41)29(23)34)21-26-46-16-17-47-26/h5-8,23-29,41H,9-22H2,1-4H3/b7-5+,8-6+/t23?,24?,25-,27?,28?,29?,33+,34?,36?,37+/m1/s1. The molecule has 0 aromatic heterocycles. The van der Waals surface area contributed by atoms with Gasteiger partial charge in [0.1, 0.15) is 5.41 Å². The molecule has 4 saturated heterocycles. The quantitative estimate of drug-likeness (QED) is 0.0869.